The average molecular weight is 326 g/mol. The van der Waals surface area contributed by atoms with Crippen LogP contribution in [0.5, 0.6) is 17.2 Å². The summed E-state index contributed by atoms with van der Waals surface area (Å²) in [5.74, 6) is 1.90. The fourth-order valence-corrected chi connectivity index (χ4v) is 3.22. The Balaban J connectivity index is 1.77. The van der Waals surface area contributed by atoms with E-state index in [0.717, 1.165) is 17.5 Å². The smallest absolute Gasteiger partial charge is 0.314 e. The average Bonchev–Trinajstić information content (AvgIpc) is 2.69. The summed E-state index contributed by atoms with van der Waals surface area (Å²) in [5.41, 5.74) is 2.26. The van der Waals surface area contributed by atoms with Gasteiger partial charge in [-0.2, -0.15) is 0 Å². The Morgan fingerprint density at radius 3 is 2.67 bits per heavy atom. The minimum Gasteiger partial charge on any atom is -0.493 e. The lowest BCUT2D eigenvalue weighted by molar-refractivity contribution is -0.140. The van der Waals surface area contributed by atoms with Crippen LogP contribution < -0.4 is 14.2 Å². The van der Waals surface area contributed by atoms with Crippen LogP contribution in [0.25, 0.3) is 0 Å². The van der Waals surface area contributed by atoms with Crippen LogP contribution >= 0.6 is 0 Å². The van der Waals surface area contributed by atoms with Gasteiger partial charge in [0.25, 0.3) is 0 Å². The number of fused-ring (bicyclic) bond motifs is 2. The molecule has 24 heavy (non-hydrogen) atoms. The molecule has 4 heteroatoms. The standard InChI is InChI=1S/C20H22O4/c1-13(9-15-7-8-18(22-2)19(12-15)23-3)17-11-14-5-4-6-16(10-14)24-20(17)21/h4-8,10,12-13,17H,9,11H2,1-3H3/t13-,17-/m1/s1. The summed E-state index contributed by atoms with van der Waals surface area (Å²) in [4.78, 5) is 12.4. The molecule has 0 unspecified atom stereocenters. The molecule has 3 rings (SSSR count). The Labute approximate surface area is 142 Å². The third-order valence-electron chi connectivity index (χ3n) is 4.57. The molecule has 0 radical (unpaired) electrons. The van der Waals surface area contributed by atoms with E-state index in [1.807, 2.05) is 42.5 Å². The summed E-state index contributed by atoms with van der Waals surface area (Å²) in [7, 11) is 3.25. The van der Waals surface area contributed by atoms with Gasteiger partial charge in [0, 0.05) is 0 Å². The molecule has 0 fully saturated rings. The number of carbonyl (C=O) groups excluding carboxylic acids is 1. The highest BCUT2D eigenvalue weighted by Gasteiger charge is 2.30. The zero-order valence-electron chi connectivity index (χ0n) is 14.2. The third-order valence-corrected chi connectivity index (χ3v) is 4.57. The van der Waals surface area contributed by atoms with E-state index in [4.69, 9.17) is 14.2 Å². The number of benzene rings is 2. The fourth-order valence-electron chi connectivity index (χ4n) is 3.22. The minimum absolute atomic E-state index is 0.149. The van der Waals surface area contributed by atoms with Gasteiger partial charge in [-0.1, -0.05) is 25.1 Å². The maximum atomic E-state index is 12.4. The number of rotatable bonds is 5. The summed E-state index contributed by atoms with van der Waals surface area (Å²) in [5, 5.41) is 0. The van der Waals surface area contributed by atoms with Crippen molar-refractivity contribution in [3.05, 3.63) is 53.6 Å². The number of carbonyl (C=O) groups is 1. The Hall–Kier alpha value is -2.49. The maximum Gasteiger partial charge on any atom is 0.314 e. The van der Waals surface area contributed by atoms with Crippen molar-refractivity contribution in [2.75, 3.05) is 14.2 Å². The molecular formula is C20H22O4. The lowest BCUT2D eigenvalue weighted by Gasteiger charge is -2.21. The van der Waals surface area contributed by atoms with Gasteiger partial charge in [0.05, 0.1) is 20.1 Å². The van der Waals surface area contributed by atoms with Gasteiger partial charge in [-0.3, -0.25) is 4.79 Å². The predicted molar refractivity (Wildman–Crippen MR) is 91.7 cm³/mol. The van der Waals surface area contributed by atoms with Crippen molar-refractivity contribution in [2.24, 2.45) is 11.8 Å². The fraction of sp³-hybridized carbons (Fsp3) is 0.350. The molecule has 0 spiro atoms. The van der Waals surface area contributed by atoms with Gasteiger partial charge in [0.15, 0.2) is 11.5 Å². The van der Waals surface area contributed by atoms with Crippen LogP contribution in [-0.4, -0.2) is 20.2 Å². The molecule has 2 aromatic rings. The summed E-state index contributed by atoms with van der Waals surface area (Å²) in [6.45, 7) is 2.09. The van der Waals surface area contributed by atoms with Gasteiger partial charge in [-0.25, -0.2) is 0 Å². The van der Waals surface area contributed by atoms with Crippen molar-refractivity contribution in [1.82, 2.24) is 0 Å². The first-order valence-corrected chi connectivity index (χ1v) is 8.12. The second-order valence-electron chi connectivity index (χ2n) is 6.25. The van der Waals surface area contributed by atoms with Gasteiger partial charge in [-0.15, -0.1) is 0 Å². The highest BCUT2D eigenvalue weighted by molar-refractivity contribution is 5.76. The third kappa shape index (κ3) is 3.37. The number of ether oxygens (including phenoxy) is 3. The van der Waals surface area contributed by atoms with Crippen LogP contribution in [0.2, 0.25) is 0 Å². The number of hydrogen-bond acceptors (Lipinski definition) is 4. The van der Waals surface area contributed by atoms with E-state index in [1.54, 1.807) is 14.2 Å². The Bertz CT molecular complexity index is 738. The topological polar surface area (TPSA) is 44.8 Å². The molecule has 1 heterocycles. The zero-order valence-corrected chi connectivity index (χ0v) is 14.2. The van der Waals surface area contributed by atoms with Crippen molar-refractivity contribution in [1.29, 1.82) is 0 Å². The van der Waals surface area contributed by atoms with E-state index in [1.165, 1.54) is 0 Å². The number of hydrogen-bond donors (Lipinski definition) is 0. The van der Waals surface area contributed by atoms with Crippen LogP contribution in [0.1, 0.15) is 18.1 Å². The van der Waals surface area contributed by atoms with Gasteiger partial charge in [0.1, 0.15) is 5.75 Å². The van der Waals surface area contributed by atoms with Crippen molar-refractivity contribution >= 4 is 5.97 Å². The predicted octanol–water partition coefficient (Wildman–Crippen LogP) is 3.66. The largest absolute Gasteiger partial charge is 0.493 e. The van der Waals surface area contributed by atoms with E-state index in [0.29, 0.717) is 23.7 Å². The van der Waals surface area contributed by atoms with Crippen LogP contribution in [0.3, 0.4) is 0 Å². The Kier molecular flexibility index (Phi) is 4.74. The van der Waals surface area contributed by atoms with Gasteiger partial charge < -0.3 is 14.2 Å². The molecule has 0 saturated heterocycles. The second-order valence-corrected chi connectivity index (χ2v) is 6.25. The SMILES string of the molecule is COc1ccc(C[C@@H](C)[C@H]2Cc3cccc(c3)OC2=O)cc1OC. The van der Waals surface area contributed by atoms with Gasteiger partial charge in [0.2, 0.25) is 0 Å². The Morgan fingerprint density at radius 2 is 1.92 bits per heavy atom. The van der Waals surface area contributed by atoms with Crippen molar-refractivity contribution in [2.45, 2.75) is 19.8 Å². The molecule has 1 aliphatic heterocycles. The van der Waals surface area contributed by atoms with Crippen LogP contribution in [0, 0.1) is 11.8 Å². The van der Waals surface area contributed by atoms with Crippen LogP contribution in [-0.2, 0) is 17.6 Å². The quantitative estimate of drug-likeness (QED) is 0.621. The molecule has 0 N–H and O–H groups in total. The van der Waals surface area contributed by atoms with Crippen LogP contribution in [0.4, 0.5) is 0 Å². The second kappa shape index (κ2) is 6.95. The number of methoxy groups -OCH3 is 2. The molecule has 0 aliphatic carbocycles. The maximum absolute atomic E-state index is 12.4. The van der Waals surface area contributed by atoms with Crippen LogP contribution in [0.15, 0.2) is 42.5 Å². The summed E-state index contributed by atoms with van der Waals surface area (Å²) in [6, 6.07) is 13.6. The first kappa shape index (κ1) is 16.4. The van der Waals surface area contributed by atoms with E-state index < -0.39 is 0 Å². The molecule has 2 bridgehead atoms. The van der Waals surface area contributed by atoms with E-state index in [9.17, 15) is 4.79 Å². The Morgan fingerprint density at radius 1 is 1.12 bits per heavy atom. The first-order chi connectivity index (χ1) is 11.6. The lowest BCUT2D eigenvalue weighted by Crippen LogP contribution is -2.28. The van der Waals surface area contributed by atoms with Crippen molar-refractivity contribution < 1.29 is 19.0 Å². The molecule has 0 saturated carbocycles. The van der Waals surface area contributed by atoms with Gasteiger partial charge >= 0.3 is 5.97 Å². The van der Waals surface area contributed by atoms with E-state index in [-0.39, 0.29) is 17.8 Å². The summed E-state index contributed by atoms with van der Waals surface area (Å²) in [6.07, 6.45) is 1.48. The van der Waals surface area contributed by atoms with Crippen molar-refractivity contribution in [3.8, 4) is 17.2 Å². The van der Waals surface area contributed by atoms with E-state index in [2.05, 4.69) is 6.92 Å². The molecule has 4 nitrogen and oxygen atoms in total. The zero-order chi connectivity index (χ0) is 17.1. The highest BCUT2D eigenvalue weighted by atomic mass is 16.5. The van der Waals surface area contributed by atoms with E-state index >= 15 is 0 Å². The van der Waals surface area contributed by atoms with Gasteiger partial charge in [-0.05, 0) is 54.2 Å². The molecule has 2 atom stereocenters. The molecule has 2 aromatic carbocycles. The monoisotopic (exact) mass is 326 g/mol. The molecule has 0 amide bonds. The molecule has 126 valence electrons. The normalized spacial score (nSPS) is 17.6. The molecular weight excluding hydrogens is 304 g/mol. The highest BCUT2D eigenvalue weighted by Crippen LogP contribution is 2.32. The molecule has 0 aromatic heterocycles. The summed E-state index contributed by atoms with van der Waals surface area (Å²) < 4.78 is 16.1. The number of esters is 1. The molecule has 1 aliphatic rings. The first-order valence-electron chi connectivity index (χ1n) is 8.12. The minimum atomic E-state index is -0.155. The summed E-state index contributed by atoms with van der Waals surface area (Å²) >= 11 is 0. The lowest BCUT2D eigenvalue weighted by atomic mass is 9.84. The van der Waals surface area contributed by atoms with Crippen molar-refractivity contribution in [3.63, 3.8) is 0 Å².